The fourth-order valence-corrected chi connectivity index (χ4v) is 3.51. The van der Waals surface area contributed by atoms with Crippen LogP contribution in [0.15, 0.2) is 48.5 Å². The fourth-order valence-electron chi connectivity index (χ4n) is 1.83. The Morgan fingerprint density at radius 1 is 1.05 bits per heavy atom. The molecular weight excluding hydrogens is 300 g/mol. The Morgan fingerprint density at radius 3 is 2.67 bits per heavy atom. The maximum atomic E-state index is 10.5. The molecule has 2 aromatic heterocycles. The van der Waals surface area contributed by atoms with E-state index in [9.17, 15) is 4.79 Å². The average molecular weight is 310 g/mol. The second-order valence-corrected chi connectivity index (χ2v) is 6.47. The third-order valence-corrected chi connectivity index (χ3v) is 4.75. The minimum Gasteiger partial charge on any atom is -0.478 e. The van der Waals surface area contributed by atoms with E-state index in [-0.39, 0.29) is 0 Å². The first-order chi connectivity index (χ1) is 10.2. The zero-order valence-electron chi connectivity index (χ0n) is 10.9. The van der Waals surface area contributed by atoms with Crippen LogP contribution in [0.5, 0.6) is 0 Å². The predicted octanol–water partition coefficient (Wildman–Crippen LogP) is 4.46. The lowest BCUT2D eigenvalue weighted by atomic mass is 10.2. The van der Waals surface area contributed by atoms with E-state index in [4.69, 9.17) is 5.11 Å². The minimum absolute atomic E-state index is 0.887. The maximum Gasteiger partial charge on any atom is 0.328 e. The molecule has 0 saturated carbocycles. The van der Waals surface area contributed by atoms with Gasteiger partial charge in [0.15, 0.2) is 0 Å². The van der Waals surface area contributed by atoms with Gasteiger partial charge in [0.2, 0.25) is 0 Å². The summed E-state index contributed by atoms with van der Waals surface area (Å²) in [5.74, 6) is 5.35. The van der Waals surface area contributed by atoms with Crippen molar-refractivity contribution in [1.29, 1.82) is 0 Å². The molecule has 1 N–H and O–H groups in total. The summed E-state index contributed by atoms with van der Waals surface area (Å²) in [6.07, 6.45) is 2.71. The molecule has 0 saturated heterocycles. The molecule has 0 aliphatic carbocycles. The van der Waals surface area contributed by atoms with E-state index in [0.717, 1.165) is 20.7 Å². The van der Waals surface area contributed by atoms with Gasteiger partial charge in [-0.15, -0.1) is 22.7 Å². The van der Waals surface area contributed by atoms with Crippen LogP contribution in [0.25, 0.3) is 16.2 Å². The van der Waals surface area contributed by atoms with Gasteiger partial charge in [-0.25, -0.2) is 4.79 Å². The fraction of sp³-hybridized carbons (Fsp3) is 0. The van der Waals surface area contributed by atoms with Crippen LogP contribution in [0.1, 0.15) is 14.6 Å². The average Bonchev–Trinajstić information content (AvgIpc) is 3.09. The molecule has 0 radical (unpaired) electrons. The summed E-state index contributed by atoms with van der Waals surface area (Å²) in [6, 6.07) is 14.1. The van der Waals surface area contributed by atoms with Crippen LogP contribution in [-0.2, 0) is 4.79 Å². The molecule has 2 nitrogen and oxygen atoms in total. The molecule has 0 aliphatic heterocycles. The smallest absolute Gasteiger partial charge is 0.328 e. The van der Waals surface area contributed by atoms with Crippen LogP contribution in [0.3, 0.4) is 0 Å². The van der Waals surface area contributed by atoms with Gasteiger partial charge in [0.05, 0.1) is 9.75 Å². The number of fused-ring (bicyclic) bond motifs is 1. The number of carboxylic acid groups (broad SMARTS) is 1. The third kappa shape index (κ3) is 3.40. The van der Waals surface area contributed by atoms with E-state index in [1.807, 2.05) is 24.3 Å². The van der Waals surface area contributed by atoms with Crippen molar-refractivity contribution in [3.63, 3.8) is 0 Å². The van der Waals surface area contributed by atoms with Crippen molar-refractivity contribution < 1.29 is 9.90 Å². The Hall–Kier alpha value is -2.35. The molecule has 0 aliphatic rings. The number of carbonyl (C=O) groups is 1. The predicted molar refractivity (Wildman–Crippen MR) is 88.8 cm³/mol. The zero-order valence-corrected chi connectivity index (χ0v) is 12.5. The quantitative estimate of drug-likeness (QED) is 0.560. The molecular formula is C17H10O2S2. The molecule has 0 amide bonds. The highest BCUT2D eigenvalue weighted by molar-refractivity contribution is 7.19. The van der Waals surface area contributed by atoms with Crippen LogP contribution in [0.2, 0.25) is 0 Å². The highest BCUT2D eigenvalue weighted by Gasteiger charge is 1.98. The van der Waals surface area contributed by atoms with Gasteiger partial charge in [0.25, 0.3) is 0 Å². The van der Waals surface area contributed by atoms with E-state index in [0.29, 0.717) is 0 Å². The number of thiophene rings is 2. The largest absolute Gasteiger partial charge is 0.478 e. The normalized spacial score (nSPS) is 10.7. The molecule has 0 unspecified atom stereocenters. The zero-order chi connectivity index (χ0) is 14.7. The van der Waals surface area contributed by atoms with Gasteiger partial charge in [-0.05, 0) is 47.6 Å². The second kappa shape index (κ2) is 5.96. The SMILES string of the molecule is O=C(O)/C=C/c1ccc(C#Cc2cc3ccccc3s2)s1. The highest BCUT2D eigenvalue weighted by atomic mass is 32.1. The minimum atomic E-state index is -0.943. The molecule has 0 bridgehead atoms. The maximum absolute atomic E-state index is 10.5. The molecule has 4 heteroatoms. The standard InChI is InChI=1S/C17H10O2S2/c18-17(19)10-9-14-6-5-13(20-14)7-8-15-11-12-3-1-2-4-16(12)21-15/h1-6,9-11H,(H,18,19)/b10-9+. The van der Waals surface area contributed by atoms with Crippen molar-refractivity contribution in [3.05, 3.63) is 63.2 Å². The molecule has 102 valence electrons. The van der Waals surface area contributed by atoms with E-state index < -0.39 is 5.97 Å². The second-order valence-electron chi connectivity index (χ2n) is 4.27. The Labute approximate surface area is 130 Å². The first kappa shape index (κ1) is 13.6. The molecule has 0 spiro atoms. The van der Waals surface area contributed by atoms with Crippen LogP contribution in [-0.4, -0.2) is 11.1 Å². The van der Waals surface area contributed by atoms with Gasteiger partial charge < -0.3 is 5.11 Å². The number of hydrogen-bond acceptors (Lipinski definition) is 3. The molecule has 3 rings (SSSR count). The molecule has 1 aromatic carbocycles. The number of rotatable bonds is 2. The number of hydrogen-bond donors (Lipinski definition) is 1. The van der Waals surface area contributed by atoms with Crippen LogP contribution in [0, 0.1) is 11.8 Å². The van der Waals surface area contributed by atoms with Gasteiger partial charge in [-0.3, -0.25) is 0 Å². The summed E-state index contributed by atoms with van der Waals surface area (Å²) < 4.78 is 1.23. The summed E-state index contributed by atoms with van der Waals surface area (Å²) in [6.45, 7) is 0. The van der Waals surface area contributed by atoms with Crippen molar-refractivity contribution in [2.45, 2.75) is 0 Å². The summed E-state index contributed by atoms with van der Waals surface area (Å²) in [4.78, 5) is 13.3. The van der Waals surface area contributed by atoms with Gasteiger partial charge in [-0.2, -0.15) is 0 Å². The van der Waals surface area contributed by atoms with Crippen molar-refractivity contribution in [2.75, 3.05) is 0 Å². The Morgan fingerprint density at radius 2 is 1.86 bits per heavy atom. The summed E-state index contributed by atoms with van der Waals surface area (Å²) in [7, 11) is 0. The summed E-state index contributed by atoms with van der Waals surface area (Å²) in [5, 5.41) is 9.81. The summed E-state index contributed by atoms with van der Waals surface area (Å²) >= 11 is 3.16. The lowest BCUT2D eigenvalue weighted by Crippen LogP contribution is -1.84. The molecule has 3 aromatic rings. The van der Waals surface area contributed by atoms with E-state index >= 15 is 0 Å². The van der Waals surface area contributed by atoms with Gasteiger partial charge in [0, 0.05) is 15.7 Å². The third-order valence-electron chi connectivity index (χ3n) is 2.75. The van der Waals surface area contributed by atoms with Crippen molar-refractivity contribution >= 4 is 44.8 Å². The number of carboxylic acids is 1. The number of aliphatic carboxylic acids is 1. The lowest BCUT2D eigenvalue weighted by Gasteiger charge is -1.82. The molecule has 21 heavy (non-hydrogen) atoms. The topological polar surface area (TPSA) is 37.3 Å². The first-order valence-electron chi connectivity index (χ1n) is 6.22. The van der Waals surface area contributed by atoms with Gasteiger partial charge >= 0.3 is 5.97 Å². The van der Waals surface area contributed by atoms with Crippen LogP contribution < -0.4 is 0 Å². The van der Waals surface area contributed by atoms with Gasteiger partial charge in [0.1, 0.15) is 0 Å². The van der Waals surface area contributed by atoms with E-state index in [1.54, 1.807) is 17.4 Å². The van der Waals surface area contributed by atoms with Crippen molar-refractivity contribution in [3.8, 4) is 11.8 Å². The number of benzene rings is 1. The Bertz CT molecular complexity index is 855. The molecule has 0 fully saturated rings. The van der Waals surface area contributed by atoms with Crippen molar-refractivity contribution in [1.82, 2.24) is 0 Å². The van der Waals surface area contributed by atoms with E-state index in [2.05, 4.69) is 30.0 Å². The van der Waals surface area contributed by atoms with E-state index in [1.165, 1.54) is 21.4 Å². The highest BCUT2D eigenvalue weighted by Crippen LogP contribution is 2.24. The monoisotopic (exact) mass is 310 g/mol. The summed E-state index contributed by atoms with van der Waals surface area (Å²) in [5.41, 5.74) is 0. The Kier molecular flexibility index (Phi) is 3.87. The van der Waals surface area contributed by atoms with Crippen LogP contribution >= 0.6 is 22.7 Å². The van der Waals surface area contributed by atoms with Crippen molar-refractivity contribution in [2.24, 2.45) is 0 Å². The van der Waals surface area contributed by atoms with Crippen LogP contribution in [0.4, 0.5) is 0 Å². The lowest BCUT2D eigenvalue weighted by molar-refractivity contribution is -0.131. The first-order valence-corrected chi connectivity index (χ1v) is 7.85. The molecule has 2 heterocycles. The van der Waals surface area contributed by atoms with Gasteiger partial charge in [-0.1, -0.05) is 18.2 Å². The Balaban J connectivity index is 1.82. The molecule has 0 atom stereocenters.